The Balaban J connectivity index is 2.07. The third-order valence-corrected chi connectivity index (χ3v) is 3.27. The van der Waals surface area contributed by atoms with Crippen molar-refractivity contribution in [1.29, 1.82) is 10.5 Å². The minimum Gasteiger partial charge on any atom is -0.480 e. The lowest BCUT2D eigenvalue weighted by Gasteiger charge is -2.15. The first-order valence-corrected chi connectivity index (χ1v) is 7.43. The summed E-state index contributed by atoms with van der Waals surface area (Å²) >= 11 is 0. The van der Waals surface area contributed by atoms with Gasteiger partial charge < -0.3 is 10.1 Å². The summed E-state index contributed by atoms with van der Waals surface area (Å²) in [5, 5.41) is 24.7. The summed E-state index contributed by atoms with van der Waals surface area (Å²) in [5.74, 6) is 0.509. The number of nitrogens with one attached hydrogen (secondary N) is 1. The van der Waals surface area contributed by atoms with Gasteiger partial charge in [-0.2, -0.15) is 15.6 Å². The Kier molecular flexibility index (Phi) is 5.54. The van der Waals surface area contributed by atoms with Crippen LogP contribution in [0.4, 0.5) is 5.82 Å². The van der Waals surface area contributed by atoms with Gasteiger partial charge in [0, 0.05) is 6.07 Å². The predicted molar refractivity (Wildman–Crippen MR) is 87.1 cm³/mol. The SMILES string of the molecule is Cc1cc(NC(=O)[C@@H](C)Oc2ccccc2C#N)n(CCC#N)n1. The van der Waals surface area contributed by atoms with Crippen LogP contribution >= 0.6 is 0 Å². The van der Waals surface area contributed by atoms with E-state index in [1.54, 1.807) is 41.9 Å². The fourth-order valence-corrected chi connectivity index (χ4v) is 2.11. The van der Waals surface area contributed by atoms with Crippen LogP contribution in [0.15, 0.2) is 30.3 Å². The van der Waals surface area contributed by atoms with E-state index in [9.17, 15) is 4.79 Å². The van der Waals surface area contributed by atoms with E-state index in [4.69, 9.17) is 15.3 Å². The maximum Gasteiger partial charge on any atom is 0.266 e. The normalized spacial score (nSPS) is 11.2. The van der Waals surface area contributed by atoms with Crippen molar-refractivity contribution in [2.45, 2.75) is 32.9 Å². The molecule has 7 nitrogen and oxygen atoms in total. The van der Waals surface area contributed by atoms with Gasteiger partial charge in [0.15, 0.2) is 6.10 Å². The minimum atomic E-state index is -0.792. The van der Waals surface area contributed by atoms with Crippen LogP contribution in [0.5, 0.6) is 5.75 Å². The summed E-state index contributed by atoms with van der Waals surface area (Å²) in [6.45, 7) is 3.81. The van der Waals surface area contributed by atoms with Crippen molar-refractivity contribution in [3.05, 3.63) is 41.6 Å². The number of rotatable bonds is 6. The monoisotopic (exact) mass is 323 g/mol. The molecule has 7 heteroatoms. The Labute approximate surface area is 140 Å². The molecule has 1 aromatic carbocycles. The number of aryl methyl sites for hydroxylation is 2. The smallest absolute Gasteiger partial charge is 0.266 e. The number of hydrogen-bond donors (Lipinski definition) is 1. The first-order valence-electron chi connectivity index (χ1n) is 7.43. The number of carbonyl (C=O) groups is 1. The van der Waals surface area contributed by atoms with Gasteiger partial charge in [-0.1, -0.05) is 12.1 Å². The zero-order valence-electron chi connectivity index (χ0n) is 13.5. The highest BCUT2D eigenvalue weighted by Gasteiger charge is 2.18. The fraction of sp³-hybridized carbons (Fsp3) is 0.294. The van der Waals surface area contributed by atoms with Crippen LogP contribution in [0.25, 0.3) is 0 Å². The van der Waals surface area contributed by atoms with E-state index in [2.05, 4.69) is 10.4 Å². The largest absolute Gasteiger partial charge is 0.480 e. The molecule has 2 rings (SSSR count). The molecule has 0 fully saturated rings. The van der Waals surface area contributed by atoms with Crippen molar-refractivity contribution in [1.82, 2.24) is 9.78 Å². The van der Waals surface area contributed by atoms with E-state index in [-0.39, 0.29) is 5.91 Å². The summed E-state index contributed by atoms with van der Waals surface area (Å²) < 4.78 is 7.16. The number of benzene rings is 1. The van der Waals surface area contributed by atoms with E-state index < -0.39 is 6.10 Å². The zero-order valence-corrected chi connectivity index (χ0v) is 13.5. The standard InChI is InChI=1S/C17H17N5O2/c1-12-10-16(22(21-12)9-5-8-18)20-17(23)13(2)24-15-7-4-3-6-14(15)11-19/h3-4,6-7,10,13H,5,9H2,1-2H3,(H,20,23)/t13-/m1/s1. The molecule has 0 spiro atoms. The first kappa shape index (κ1) is 17.0. The first-order chi connectivity index (χ1) is 11.5. The summed E-state index contributed by atoms with van der Waals surface area (Å²) in [7, 11) is 0. The highest BCUT2D eigenvalue weighted by molar-refractivity contribution is 5.93. The predicted octanol–water partition coefficient (Wildman–Crippen LogP) is 2.38. The minimum absolute atomic E-state index is 0.297. The Bertz CT molecular complexity index is 813. The maximum absolute atomic E-state index is 12.3. The molecular formula is C17H17N5O2. The molecule has 1 aromatic heterocycles. The second-order valence-corrected chi connectivity index (χ2v) is 5.16. The van der Waals surface area contributed by atoms with Crippen LogP contribution in [0.3, 0.4) is 0 Å². The molecular weight excluding hydrogens is 306 g/mol. The van der Waals surface area contributed by atoms with Crippen LogP contribution in [0, 0.1) is 29.6 Å². The molecule has 0 unspecified atom stereocenters. The lowest BCUT2D eigenvalue weighted by atomic mass is 10.2. The molecule has 0 aliphatic heterocycles. The molecule has 0 radical (unpaired) electrons. The average Bonchev–Trinajstić information content (AvgIpc) is 2.92. The molecule has 1 N–H and O–H groups in total. The topological polar surface area (TPSA) is 104 Å². The molecule has 1 heterocycles. The van der Waals surface area contributed by atoms with Gasteiger partial charge in [0.05, 0.1) is 30.3 Å². The van der Waals surface area contributed by atoms with Crippen LogP contribution in [0.1, 0.15) is 24.6 Å². The number of nitriles is 2. The fourth-order valence-electron chi connectivity index (χ4n) is 2.11. The van der Waals surface area contributed by atoms with Crippen LogP contribution in [-0.4, -0.2) is 21.8 Å². The van der Waals surface area contributed by atoms with E-state index in [0.717, 1.165) is 5.69 Å². The molecule has 2 aromatic rings. The van der Waals surface area contributed by atoms with Crippen molar-refractivity contribution in [2.24, 2.45) is 0 Å². The second kappa shape index (κ2) is 7.80. The second-order valence-electron chi connectivity index (χ2n) is 5.16. The number of hydrogen-bond acceptors (Lipinski definition) is 5. The Morgan fingerprint density at radius 1 is 1.42 bits per heavy atom. The van der Waals surface area contributed by atoms with E-state index in [0.29, 0.717) is 30.1 Å². The highest BCUT2D eigenvalue weighted by atomic mass is 16.5. The van der Waals surface area contributed by atoms with Gasteiger partial charge >= 0.3 is 0 Å². The highest BCUT2D eigenvalue weighted by Crippen LogP contribution is 2.19. The Morgan fingerprint density at radius 3 is 2.88 bits per heavy atom. The van der Waals surface area contributed by atoms with Crippen molar-refractivity contribution < 1.29 is 9.53 Å². The van der Waals surface area contributed by atoms with E-state index in [1.807, 2.05) is 19.1 Å². The molecule has 0 bridgehead atoms. The molecule has 1 atom stereocenters. The summed E-state index contributed by atoms with van der Waals surface area (Å²) in [6.07, 6.45) is -0.495. The molecule has 122 valence electrons. The summed E-state index contributed by atoms with van der Waals surface area (Å²) in [5.41, 5.74) is 1.11. The zero-order chi connectivity index (χ0) is 17.5. The molecule has 0 saturated heterocycles. The van der Waals surface area contributed by atoms with Crippen molar-refractivity contribution >= 4 is 11.7 Å². The summed E-state index contributed by atoms with van der Waals surface area (Å²) in [4.78, 5) is 12.3. The van der Waals surface area contributed by atoms with Gasteiger partial charge in [-0.3, -0.25) is 4.79 Å². The number of nitrogens with zero attached hydrogens (tertiary/aromatic N) is 4. The number of amides is 1. The van der Waals surface area contributed by atoms with Gasteiger partial charge in [0.25, 0.3) is 5.91 Å². The molecule has 0 aliphatic carbocycles. The number of anilines is 1. The van der Waals surface area contributed by atoms with Crippen molar-refractivity contribution in [3.8, 4) is 17.9 Å². The number of para-hydroxylation sites is 1. The molecule has 24 heavy (non-hydrogen) atoms. The summed E-state index contributed by atoms with van der Waals surface area (Å²) in [6, 6.07) is 12.5. The van der Waals surface area contributed by atoms with Crippen LogP contribution < -0.4 is 10.1 Å². The molecule has 0 saturated carbocycles. The van der Waals surface area contributed by atoms with Crippen LogP contribution in [-0.2, 0) is 11.3 Å². The Morgan fingerprint density at radius 2 is 2.17 bits per heavy atom. The van der Waals surface area contributed by atoms with Gasteiger partial charge in [-0.05, 0) is 26.0 Å². The maximum atomic E-state index is 12.3. The van der Waals surface area contributed by atoms with Gasteiger partial charge in [-0.25, -0.2) is 4.68 Å². The number of aromatic nitrogens is 2. The van der Waals surface area contributed by atoms with Gasteiger partial charge in [0.1, 0.15) is 17.6 Å². The van der Waals surface area contributed by atoms with E-state index >= 15 is 0 Å². The lowest BCUT2D eigenvalue weighted by molar-refractivity contribution is -0.122. The lowest BCUT2D eigenvalue weighted by Crippen LogP contribution is -2.31. The average molecular weight is 323 g/mol. The van der Waals surface area contributed by atoms with Gasteiger partial charge in [0.2, 0.25) is 0 Å². The number of carbonyl (C=O) groups excluding carboxylic acids is 1. The molecule has 0 aliphatic rings. The molecule has 1 amide bonds. The quantitative estimate of drug-likeness (QED) is 0.879. The third-order valence-electron chi connectivity index (χ3n) is 3.27. The van der Waals surface area contributed by atoms with Crippen molar-refractivity contribution in [2.75, 3.05) is 5.32 Å². The van der Waals surface area contributed by atoms with E-state index in [1.165, 1.54) is 0 Å². The third kappa shape index (κ3) is 4.11. The Hall–Kier alpha value is -3.32. The van der Waals surface area contributed by atoms with Gasteiger partial charge in [-0.15, -0.1) is 0 Å². The van der Waals surface area contributed by atoms with Crippen molar-refractivity contribution in [3.63, 3.8) is 0 Å². The number of ether oxygens (including phenoxy) is 1. The van der Waals surface area contributed by atoms with Crippen LogP contribution in [0.2, 0.25) is 0 Å².